The van der Waals surface area contributed by atoms with Crippen LogP contribution >= 0.6 is 0 Å². The van der Waals surface area contributed by atoms with Gasteiger partial charge >= 0.3 is 12.1 Å². The molecule has 236 valence electrons. The number of alkyl halides is 3. The number of methoxy groups -OCH3 is 1. The van der Waals surface area contributed by atoms with Gasteiger partial charge in [0.15, 0.2) is 0 Å². The zero-order chi connectivity index (χ0) is 31.8. The van der Waals surface area contributed by atoms with Gasteiger partial charge in [0.1, 0.15) is 18.1 Å². The van der Waals surface area contributed by atoms with Crippen LogP contribution in [-0.4, -0.2) is 71.6 Å². The van der Waals surface area contributed by atoms with Gasteiger partial charge in [0.25, 0.3) is 0 Å². The molecule has 3 aromatic carbocycles. The summed E-state index contributed by atoms with van der Waals surface area (Å²) in [6.45, 7) is 4.07. The molecule has 12 heteroatoms. The number of amides is 1. The van der Waals surface area contributed by atoms with Gasteiger partial charge in [-0.05, 0) is 92.0 Å². The average molecular weight is 623 g/mol. The van der Waals surface area contributed by atoms with E-state index in [1.807, 2.05) is 30.3 Å². The normalized spacial score (nSPS) is 20.7. The lowest BCUT2D eigenvalue weighted by atomic mass is 9.91. The number of ether oxygens (including phenoxy) is 2. The largest absolute Gasteiger partial charge is 0.497 e. The molecule has 0 bridgehead atoms. The maximum absolute atomic E-state index is 13.0. The Morgan fingerprint density at radius 1 is 1.04 bits per heavy atom. The van der Waals surface area contributed by atoms with Crippen LogP contribution in [0, 0.1) is 0 Å². The second-order valence-corrected chi connectivity index (χ2v) is 11.5. The third-order valence-electron chi connectivity index (χ3n) is 8.81. The molecule has 0 unspecified atom stereocenters. The SMILES string of the molecule is COc1ccc2c(c1)[C@]1(C[C@H]1c1ccc3c(-c4ccc(OCCN5CCCCC5)cc4)n[nH]c3c1)C(=O)N2.O=C(O)C(F)(F)F. The Kier molecular flexibility index (Phi) is 8.17. The number of hydrogen-bond acceptors (Lipinski definition) is 6. The quantitative estimate of drug-likeness (QED) is 0.228. The number of aromatic amines is 1. The molecule has 1 spiro atoms. The molecule has 2 aliphatic heterocycles. The highest BCUT2D eigenvalue weighted by Crippen LogP contribution is 2.65. The molecule has 1 aromatic heterocycles. The van der Waals surface area contributed by atoms with Crippen molar-refractivity contribution in [3.05, 3.63) is 71.8 Å². The van der Waals surface area contributed by atoms with Crippen LogP contribution in [0.5, 0.6) is 11.5 Å². The number of fused-ring (bicyclic) bond motifs is 3. The van der Waals surface area contributed by atoms with Gasteiger partial charge in [-0.3, -0.25) is 14.8 Å². The number of carboxylic acids is 1. The number of H-pyrrole nitrogens is 1. The number of rotatable bonds is 7. The number of carbonyl (C=O) groups is 2. The minimum absolute atomic E-state index is 0.0781. The molecule has 0 radical (unpaired) electrons. The summed E-state index contributed by atoms with van der Waals surface area (Å²) in [5.74, 6) is -0.883. The highest BCUT2D eigenvalue weighted by atomic mass is 19.4. The Balaban J connectivity index is 0.000000460. The molecule has 45 heavy (non-hydrogen) atoms. The number of nitrogens with one attached hydrogen (secondary N) is 2. The molecule has 9 nitrogen and oxygen atoms in total. The molecule has 3 aliphatic rings. The van der Waals surface area contributed by atoms with Gasteiger partial charge in [-0.2, -0.15) is 18.3 Å². The van der Waals surface area contributed by atoms with Gasteiger partial charge in [0.2, 0.25) is 5.91 Å². The van der Waals surface area contributed by atoms with E-state index in [1.165, 1.54) is 32.4 Å². The van der Waals surface area contributed by atoms with Crippen LogP contribution in [0.1, 0.15) is 42.7 Å². The first-order chi connectivity index (χ1) is 21.6. The zero-order valence-corrected chi connectivity index (χ0v) is 24.6. The van der Waals surface area contributed by atoms with Crippen molar-refractivity contribution in [2.24, 2.45) is 0 Å². The molecular weight excluding hydrogens is 589 g/mol. The Hall–Kier alpha value is -4.58. The number of carbonyl (C=O) groups excluding carboxylic acids is 1. The van der Waals surface area contributed by atoms with Crippen molar-refractivity contribution in [1.82, 2.24) is 15.1 Å². The summed E-state index contributed by atoms with van der Waals surface area (Å²) < 4.78 is 43.2. The molecule has 3 N–H and O–H groups in total. The summed E-state index contributed by atoms with van der Waals surface area (Å²) in [6, 6.07) is 20.4. The van der Waals surface area contributed by atoms with E-state index in [-0.39, 0.29) is 11.8 Å². The van der Waals surface area contributed by atoms with Crippen molar-refractivity contribution in [2.75, 3.05) is 38.7 Å². The fourth-order valence-corrected chi connectivity index (χ4v) is 6.36. The third kappa shape index (κ3) is 6.06. The van der Waals surface area contributed by atoms with E-state index in [9.17, 15) is 18.0 Å². The number of halogens is 3. The number of carboxylic acid groups (broad SMARTS) is 1. The molecule has 2 fully saturated rings. The number of benzene rings is 3. The van der Waals surface area contributed by atoms with Gasteiger partial charge < -0.3 is 19.9 Å². The average Bonchev–Trinajstić information content (AvgIpc) is 3.56. The lowest BCUT2D eigenvalue weighted by molar-refractivity contribution is -0.192. The first-order valence-corrected chi connectivity index (χ1v) is 14.8. The summed E-state index contributed by atoms with van der Waals surface area (Å²) in [6.07, 6.45) is -0.336. The van der Waals surface area contributed by atoms with Gasteiger partial charge in [-0.1, -0.05) is 18.6 Å². The molecule has 2 atom stereocenters. The van der Waals surface area contributed by atoms with Crippen molar-refractivity contribution in [3.63, 3.8) is 0 Å². The lowest BCUT2D eigenvalue weighted by Gasteiger charge is -2.26. The topological polar surface area (TPSA) is 117 Å². The first-order valence-electron chi connectivity index (χ1n) is 14.8. The van der Waals surface area contributed by atoms with Crippen LogP contribution in [-0.2, 0) is 15.0 Å². The number of nitrogens with zero attached hydrogens (tertiary/aromatic N) is 2. The van der Waals surface area contributed by atoms with Gasteiger partial charge in [0.05, 0.1) is 23.7 Å². The summed E-state index contributed by atoms with van der Waals surface area (Å²) in [5, 5.41) is 19.1. The Bertz CT molecular complexity index is 1720. The smallest absolute Gasteiger partial charge is 0.490 e. The number of piperidine rings is 1. The van der Waals surface area contributed by atoms with E-state index >= 15 is 0 Å². The minimum atomic E-state index is -5.08. The van der Waals surface area contributed by atoms with Crippen LogP contribution in [0.25, 0.3) is 22.2 Å². The first kappa shape index (κ1) is 30.4. The minimum Gasteiger partial charge on any atom is -0.497 e. The maximum atomic E-state index is 13.0. The van der Waals surface area contributed by atoms with Gasteiger partial charge in [-0.15, -0.1) is 0 Å². The molecule has 1 saturated heterocycles. The fourth-order valence-electron chi connectivity index (χ4n) is 6.36. The predicted octanol–water partition coefficient (Wildman–Crippen LogP) is 6.11. The van der Waals surface area contributed by atoms with E-state index in [1.54, 1.807) is 7.11 Å². The van der Waals surface area contributed by atoms with Crippen molar-refractivity contribution >= 4 is 28.5 Å². The standard InChI is InChI=1S/C31H32N4O3.C2HF3O2/c1-37-23-10-12-27-25(18-23)31(30(36)32-27)19-26(31)21-7-11-24-28(17-21)33-34-29(24)20-5-8-22(9-6-20)38-16-15-35-13-3-2-4-14-35;3-2(4,5)1(6)7/h5-12,17-18,26H,2-4,13-16,19H2,1H3,(H,32,36)(H,33,34);(H,6,7)/t26-,31-;/m0./s1. The predicted molar refractivity (Wildman–Crippen MR) is 162 cm³/mol. The van der Waals surface area contributed by atoms with Crippen molar-refractivity contribution in [3.8, 4) is 22.8 Å². The maximum Gasteiger partial charge on any atom is 0.490 e. The zero-order valence-electron chi connectivity index (χ0n) is 24.6. The fraction of sp³-hybridized carbons (Fsp3) is 0.364. The number of hydrogen-bond donors (Lipinski definition) is 3. The highest BCUT2D eigenvalue weighted by Gasteiger charge is 2.65. The van der Waals surface area contributed by atoms with Crippen LogP contribution in [0.3, 0.4) is 0 Å². The van der Waals surface area contributed by atoms with Crippen molar-refractivity contribution in [2.45, 2.75) is 43.2 Å². The van der Waals surface area contributed by atoms with E-state index in [2.05, 4.69) is 50.7 Å². The van der Waals surface area contributed by atoms with E-state index < -0.39 is 17.6 Å². The molecular formula is C33H33F3N4O5. The van der Waals surface area contributed by atoms with Crippen molar-refractivity contribution in [1.29, 1.82) is 0 Å². The molecule has 1 amide bonds. The summed E-state index contributed by atoms with van der Waals surface area (Å²) in [4.78, 5) is 24.4. The molecule has 1 aliphatic carbocycles. The van der Waals surface area contributed by atoms with Crippen LogP contribution in [0.15, 0.2) is 60.7 Å². The van der Waals surface area contributed by atoms with E-state index in [0.29, 0.717) is 6.61 Å². The highest BCUT2D eigenvalue weighted by molar-refractivity contribution is 6.10. The van der Waals surface area contributed by atoms with Crippen LogP contribution in [0.2, 0.25) is 0 Å². The second kappa shape index (κ2) is 12.1. The van der Waals surface area contributed by atoms with Gasteiger partial charge in [0, 0.05) is 29.1 Å². The van der Waals surface area contributed by atoms with Crippen LogP contribution in [0.4, 0.5) is 18.9 Å². The summed E-state index contributed by atoms with van der Waals surface area (Å²) >= 11 is 0. The Morgan fingerprint density at radius 2 is 1.76 bits per heavy atom. The second-order valence-electron chi connectivity index (χ2n) is 11.5. The Morgan fingerprint density at radius 3 is 2.44 bits per heavy atom. The Labute approximate surface area is 257 Å². The third-order valence-corrected chi connectivity index (χ3v) is 8.81. The summed E-state index contributed by atoms with van der Waals surface area (Å²) in [7, 11) is 1.66. The summed E-state index contributed by atoms with van der Waals surface area (Å²) in [5.41, 5.74) is 5.51. The number of aliphatic carboxylic acids is 1. The van der Waals surface area contributed by atoms with Gasteiger partial charge in [-0.25, -0.2) is 4.79 Å². The number of anilines is 1. The lowest BCUT2D eigenvalue weighted by Crippen LogP contribution is -2.33. The van der Waals surface area contributed by atoms with E-state index in [0.717, 1.165) is 63.4 Å². The molecule has 4 aromatic rings. The molecule has 1 saturated carbocycles. The number of aromatic nitrogens is 2. The molecule has 7 rings (SSSR count). The van der Waals surface area contributed by atoms with E-state index in [4.69, 9.17) is 19.4 Å². The monoisotopic (exact) mass is 622 g/mol. The van der Waals surface area contributed by atoms with Crippen LogP contribution < -0.4 is 14.8 Å². The molecule has 3 heterocycles. The van der Waals surface area contributed by atoms with Crippen molar-refractivity contribution < 1.29 is 37.3 Å². The number of likely N-dealkylation sites (tertiary alicyclic amines) is 1.